The first-order valence-corrected chi connectivity index (χ1v) is 15.8. The van der Waals surface area contributed by atoms with Crippen LogP contribution in [0.25, 0.3) is 0 Å². The Morgan fingerprint density at radius 1 is 1.11 bits per heavy atom. The van der Waals surface area contributed by atoms with Gasteiger partial charge in [0, 0.05) is 36.4 Å². The molecule has 0 fully saturated rings. The molecule has 3 atom stereocenters. The summed E-state index contributed by atoms with van der Waals surface area (Å²) in [6, 6.07) is 17.5. The molecule has 3 amide bonds. The third kappa shape index (κ3) is 8.00. The number of carbonyl (C=O) groups excluding carboxylic acids is 2. The number of aliphatic hydroxyl groups is 1. The molecule has 1 aliphatic rings. The number of hydrogen-bond acceptors (Lipinski definition) is 7. The van der Waals surface area contributed by atoms with Gasteiger partial charge in [0.05, 0.1) is 37.6 Å². The molecule has 236 valence electrons. The number of benzene rings is 3. The van der Waals surface area contributed by atoms with E-state index in [0.717, 1.165) is 5.56 Å². The van der Waals surface area contributed by atoms with Gasteiger partial charge in [0.1, 0.15) is 17.6 Å². The fourth-order valence-corrected chi connectivity index (χ4v) is 5.94. The molecule has 0 radical (unpaired) electrons. The van der Waals surface area contributed by atoms with Gasteiger partial charge in [-0.1, -0.05) is 24.6 Å². The van der Waals surface area contributed by atoms with E-state index in [1.807, 2.05) is 13.8 Å². The summed E-state index contributed by atoms with van der Waals surface area (Å²) in [6.07, 6.45) is -0.595. The number of likely N-dealkylation sites (N-methyl/N-ethyl adjacent to an activating group) is 1. The van der Waals surface area contributed by atoms with E-state index in [-0.39, 0.29) is 48.0 Å². The highest BCUT2D eigenvalue weighted by molar-refractivity contribution is 7.92. The van der Waals surface area contributed by atoms with E-state index in [1.54, 1.807) is 80.6 Å². The van der Waals surface area contributed by atoms with Crippen LogP contribution in [0.15, 0.2) is 71.6 Å². The second kappa shape index (κ2) is 14.0. The van der Waals surface area contributed by atoms with Crippen molar-refractivity contribution < 1.29 is 32.6 Å². The van der Waals surface area contributed by atoms with E-state index in [1.165, 1.54) is 17.0 Å². The van der Waals surface area contributed by atoms with Crippen LogP contribution in [0.3, 0.4) is 0 Å². The second-order valence-electron chi connectivity index (χ2n) is 11.2. The number of methoxy groups -OCH3 is 1. The molecule has 4 rings (SSSR count). The van der Waals surface area contributed by atoms with Gasteiger partial charge in [-0.3, -0.25) is 9.52 Å². The Morgan fingerprint density at radius 3 is 2.41 bits per heavy atom. The fourth-order valence-electron chi connectivity index (χ4n) is 4.89. The number of ether oxygens (including phenoxy) is 2. The third-order valence-corrected chi connectivity index (χ3v) is 9.04. The lowest BCUT2D eigenvalue weighted by atomic mass is 10.0. The molecule has 0 aliphatic carbocycles. The minimum Gasteiger partial charge on any atom is -0.497 e. The molecule has 1 aliphatic heterocycles. The summed E-state index contributed by atoms with van der Waals surface area (Å²) in [6.45, 7) is 5.83. The van der Waals surface area contributed by atoms with Crippen molar-refractivity contribution in [3.05, 3.63) is 77.9 Å². The Kier molecular flexibility index (Phi) is 10.4. The van der Waals surface area contributed by atoms with Crippen molar-refractivity contribution in [1.29, 1.82) is 0 Å². The summed E-state index contributed by atoms with van der Waals surface area (Å²) < 4.78 is 40.3. The Hall–Kier alpha value is -4.29. The highest BCUT2D eigenvalue weighted by Crippen LogP contribution is 2.30. The minimum atomic E-state index is -3.87. The van der Waals surface area contributed by atoms with E-state index in [4.69, 9.17) is 9.47 Å². The predicted octanol–water partition coefficient (Wildman–Crippen LogP) is 4.12. The van der Waals surface area contributed by atoms with E-state index in [2.05, 4.69) is 10.0 Å². The average molecular weight is 625 g/mol. The molecule has 11 nitrogen and oxygen atoms in total. The van der Waals surface area contributed by atoms with Crippen molar-refractivity contribution in [2.45, 2.75) is 44.2 Å². The van der Waals surface area contributed by atoms with Gasteiger partial charge in [0.25, 0.3) is 10.0 Å². The highest BCUT2D eigenvalue weighted by Gasteiger charge is 2.32. The van der Waals surface area contributed by atoms with E-state index < -0.39 is 22.2 Å². The lowest BCUT2D eigenvalue weighted by molar-refractivity contribution is -0.134. The van der Waals surface area contributed by atoms with Crippen LogP contribution >= 0.6 is 0 Å². The van der Waals surface area contributed by atoms with Crippen molar-refractivity contribution in [1.82, 2.24) is 9.80 Å². The van der Waals surface area contributed by atoms with Crippen LogP contribution in [0.4, 0.5) is 16.2 Å². The predicted molar refractivity (Wildman–Crippen MR) is 169 cm³/mol. The van der Waals surface area contributed by atoms with E-state index in [9.17, 15) is 23.1 Å². The number of aryl methyl sites for hydroxylation is 1. The molecular formula is C32H40N4O7S. The van der Waals surface area contributed by atoms with Crippen molar-refractivity contribution >= 4 is 33.3 Å². The lowest BCUT2D eigenvalue weighted by Crippen LogP contribution is -2.48. The number of fused-ring (bicyclic) bond motifs is 1. The molecular weight excluding hydrogens is 584 g/mol. The number of hydrogen-bond donors (Lipinski definition) is 3. The zero-order valence-electron chi connectivity index (χ0n) is 25.6. The quantitative estimate of drug-likeness (QED) is 0.326. The maximum absolute atomic E-state index is 13.5. The van der Waals surface area contributed by atoms with Gasteiger partial charge in [-0.2, -0.15) is 0 Å². The summed E-state index contributed by atoms with van der Waals surface area (Å²) >= 11 is 0. The summed E-state index contributed by atoms with van der Waals surface area (Å²) in [5.74, 6) is 0.629. The number of carbonyl (C=O) groups is 2. The lowest BCUT2D eigenvalue weighted by Gasteiger charge is -2.34. The fraction of sp³-hybridized carbons (Fsp3) is 0.375. The maximum atomic E-state index is 13.5. The number of urea groups is 1. The van der Waals surface area contributed by atoms with E-state index >= 15 is 0 Å². The summed E-state index contributed by atoms with van der Waals surface area (Å²) in [5.41, 5.74) is 2.30. The van der Waals surface area contributed by atoms with Crippen molar-refractivity contribution in [2.24, 2.45) is 5.92 Å². The molecule has 0 spiro atoms. The smallest absolute Gasteiger partial charge is 0.321 e. The van der Waals surface area contributed by atoms with Gasteiger partial charge < -0.3 is 29.7 Å². The zero-order chi connectivity index (χ0) is 32.0. The van der Waals surface area contributed by atoms with Gasteiger partial charge in [-0.25, -0.2) is 13.2 Å². The molecule has 3 aromatic carbocycles. The monoisotopic (exact) mass is 624 g/mol. The number of aliphatic hydroxyl groups excluding tert-OH is 1. The van der Waals surface area contributed by atoms with Crippen molar-refractivity contribution in [2.75, 3.05) is 43.9 Å². The number of anilines is 2. The summed E-state index contributed by atoms with van der Waals surface area (Å²) in [5, 5.41) is 12.8. The Morgan fingerprint density at radius 2 is 1.77 bits per heavy atom. The van der Waals surface area contributed by atoms with Crippen LogP contribution in [-0.4, -0.2) is 81.3 Å². The van der Waals surface area contributed by atoms with Gasteiger partial charge in [-0.15, -0.1) is 0 Å². The van der Waals surface area contributed by atoms with Crippen LogP contribution in [0, 0.1) is 12.8 Å². The molecule has 0 unspecified atom stereocenters. The topological polar surface area (TPSA) is 138 Å². The Labute approximate surface area is 258 Å². The van der Waals surface area contributed by atoms with E-state index in [0.29, 0.717) is 29.3 Å². The number of sulfonamides is 1. The van der Waals surface area contributed by atoms with Crippen LogP contribution < -0.4 is 19.5 Å². The van der Waals surface area contributed by atoms with Crippen LogP contribution in [-0.2, 0) is 21.2 Å². The van der Waals surface area contributed by atoms with Gasteiger partial charge in [-0.05, 0) is 68.4 Å². The first-order valence-electron chi connectivity index (χ1n) is 14.4. The molecule has 3 aromatic rings. The standard InChI is InChI=1S/C32H40N4O7S/c1-21-6-13-28(14-7-21)44(40,41)34-26-10-15-29-24(16-26)17-31(38)36(23(3)20-37)18-22(2)30(43-29)19-35(4)32(39)33-25-8-11-27(42-5)12-9-25/h6-16,22-23,30,34,37H,17-20H2,1-5H3,(H,33,39)/t22-,23+,30+/m0/s1. The van der Waals surface area contributed by atoms with Gasteiger partial charge >= 0.3 is 6.03 Å². The summed E-state index contributed by atoms with van der Waals surface area (Å²) in [7, 11) is -0.649. The molecule has 12 heteroatoms. The van der Waals surface area contributed by atoms with Crippen LogP contribution in [0.5, 0.6) is 11.5 Å². The normalized spacial score (nSPS) is 17.7. The molecule has 0 saturated carbocycles. The Bertz CT molecular complexity index is 1560. The van der Waals surface area contributed by atoms with Crippen LogP contribution in [0.1, 0.15) is 25.0 Å². The highest BCUT2D eigenvalue weighted by atomic mass is 32.2. The molecule has 44 heavy (non-hydrogen) atoms. The first-order chi connectivity index (χ1) is 20.9. The van der Waals surface area contributed by atoms with Gasteiger partial charge in [0.2, 0.25) is 5.91 Å². The third-order valence-electron chi connectivity index (χ3n) is 7.64. The SMILES string of the molecule is COc1ccc(NC(=O)N(C)C[C@H]2Oc3ccc(NS(=O)(=O)c4ccc(C)cc4)cc3CC(=O)N([C@H](C)CO)C[C@@H]2C)cc1. The van der Waals surface area contributed by atoms with Crippen molar-refractivity contribution in [3.63, 3.8) is 0 Å². The maximum Gasteiger partial charge on any atom is 0.321 e. The van der Waals surface area contributed by atoms with Crippen molar-refractivity contribution in [3.8, 4) is 11.5 Å². The minimum absolute atomic E-state index is 0.0625. The van der Waals surface area contributed by atoms with Crippen LogP contribution in [0.2, 0.25) is 0 Å². The number of rotatable bonds is 9. The number of nitrogens with one attached hydrogen (secondary N) is 2. The number of amides is 3. The summed E-state index contributed by atoms with van der Waals surface area (Å²) in [4.78, 5) is 29.8. The average Bonchev–Trinajstić information content (AvgIpc) is 3.04. The molecule has 1 heterocycles. The Balaban J connectivity index is 1.60. The molecule has 0 bridgehead atoms. The number of nitrogens with zero attached hydrogens (tertiary/aromatic N) is 2. The zero-order valence-corrected chi connectivity index (χ0v) is 26.4. The first kappa shape index (κ1) is 32.6. The van der Waals surface area contributed by atoms with Gasteiger partial charge in [0.15, 0.2) is 0 Å². The molecule has 0 aromatic heterocycles. The largest absolute Gasteiger partial charge is 0.497 e. The second-order valence-corrected chi connectivity index (χ2v) is 12.9. The molecule has 0 saturated heterocycles. The molecule has 3 N–H and O–H groups in total.